The first kappa shape index (κ1) is 47.8. The SMILES string of the molecule is COC(=O)c1nn(-c2ccc(C(C)(C)C)cc2)c(O)c1C=Nc1cccc(C)c1C(=O)O.Cc1cccc(N=Cc2c(C)nn(-c3ccc(C(C)(C)C)cc3)c2O)c1C(=O)O.[Co]. The summed E-state index contributed by atoms with van der Waals surface area (Å²) >= 11 is 0. The molecule has 0 saturated heterocycles. The molecule has 0 atom stereocenters. The molecule has 0 saturated carbocycles. The molecule has 0 bridgehead atoms. The Morgan fingerprint density at radius 2 is 1.00 bits per heavy atom. The number of methoxy groups -OCH3 is 1. The van der Waals surface area contributed by atoms with Crippen LogP contribution in [-0.4, -0.2) is 77.4 Å². The van der Waals surface area contributed by atoms with Crippen molar-refractivity contribution in [3.63, 3.8) is 0 Å². The standard InChI is InChI=1S/C24H25N3O5.C23H25N3O3.Co/c1-14-7-6-8-18(19(14)22(29)30)25-13-17-20(23(31)32-5)26-27(21(17)28)16-11-9-15(10-12-16)24(2,3)4;1-14-7-6-8-19(20(14)22(28)29)24-13-18-15(2)25-26(21(18)27)17-11-9-16(10-12-17)23(3,4)5;/h6-13,28H,1-5H3,(H,29,30);6-13,27H,1-5H3,(H,28,29);. The van der Waals surface area contributed by atoms with Gasteiger partial charge in [-0.2, -0.15) is 14.9 Å². The van der Waals surface area contributed by atoms with Crippen molar-refractivity contribution in [3.05, 3.63) is 141 Å². The molecule has 0 aliphatic carbocycles. The van der Waals surface area contributed by atoms with E-state index in [1.807, 2.05) is 36.4 Å². The van der Waals surface area contributed by atoms with E-state index in [0.29, 0.717) is 33.8 Å². The molecule has 0 fully saturated rings. The smallest absolute Gasteiger partial charge is 0.359 e. The summed E-state index contributed by atoms with van der Waals surface area (Å²) in [6.45, 7) is 17.9. The molecule has 6 aromatic rings. The van der Waals surface area contributed by atoms with Crippen molar-refractivity contribution >= 4 is 41.7 Å². The first-order chi connectivity index (χ1) is 28.6. The number of aromatic hydroxyl groups is 2. The Hall–Kier alpha value is -6.84. The van der Waals surface area contributed by atoms with E-state index in [4.69, 9.17) is 4.74 Å². The van der Waals surface area contributed by atoms with Gasteiger partial charge in [-0.1, -0.05) is 90.1 Å². The summed E-state index contributed by atoms with van der Waals surface area (Å²) < 4.78 is 7.47. The first-order valence-corrected chi connectivity index (χ1v) is 19.3. The van der Waals surface area contributed by atoms with Crippen LogP contribution in [0, 0.1) is 20.8 Å². The van der Waals surface area contributed by atoms with Crippen molar-refractivity contribution in [2.75, 3.05) is 7.11 Å². The van der Waals surface area contributed by atoms with Crippen molar-refractivity contribution in [3.8, 4) is 23.1 Å². The maximum absolute atomic E-state index is 12.3. The van der Waals surface area contributed by atoms with E-state index in [1.165, 1.54) is 40.5 Å². The summed E-state index contributed by atoms with van der Waals surface area (Å²) in [7, 11) is 1.21. The number of benzene rings is 4. The average molecular weight is 886 g/mol. The molecule has 6 rings (SSSR count). The third-order valence-electron chi connectivity index (χ3n) is 9.91. The first-order valence-electron chi connectivity index (χ1n) is 19.3. The fourth-order valence-corrected chi connectivity index (χ4v) is 6.38. The molecule has 4 aromatic carbocycles. The largest absolute Gasteiger partial charge is 0.493 e. The summed E-state index contributed by atoms with van der Waals surface area (Å²) in [5, 5.41) is 49.1. The summed E-state index contributed by atoms with van der Waals surface area (Å²) in [6.07, 6.45) is 2.68. The van der Waals surface area contributed by atoms with Gasteiger partial charge in [0.25, 0.3) is 0 Å². The Labute approximate surface area is 370 Å². The fraction of sp³-hybridized carbons (Fsp3) is 0.255. The van der Waals surface area contributed by atoms with Crippen LogP contribution >= 0.6 is 0 Å². The number of hydrogen-bond acceptors (Lipinski definition) is 10. The van der Waals surface area contributed by atoms with Crippen LogP contribution in [0.3, 0.4) is 0 Å². The van der Waals surface area contributed by atoms with Crippen LogP contribution in [-0.2, 0) is 32.3 Å². The quantitative estimate of drug-likeness (QED) is 0.0801. The van der Waals surface area contributed by atoms with Crippen LogP contribution in [0.1, 0.15) is 112 Å². The molecule has 62 heavy (non-hydrogen) atoms. The van der Waals surface area contributed by atoms with Crippen LogP contribution in [0.4, 0.5) is 11.4 Å². The molecular formula is C47H50CoN6O8. The second kappa shape index (κ2) is 19.3. The number of nitrogens with zero attached hydrogens (tertiary/aromatic N) is 6. The Morgan fingerprint density at radius 1 is 0.613 bits per heavy atom. The number of carbonyl (C=O) groups excluding carboxylic acids is 1. The van der Waals surface area contributed by atoms with Gasteiger partial charge >= 0.3 is 17.9 Å². The Kier molecular flexibility index (Phi) is 14.9. The molecule has 1 radical (unpaired) electrons. The van der Waals surface area contributed by atoms with Gasteiger partial charge in [0.05, 0.1) is 57.8 Å². The molecule has 0 aliphatic heterocycles. The van der Waals surface area contributed by atoms with Gasteiger partial charge in [0.1, 0.15) is 0 Å². The van der Waals surface area contributed by atoms with E-state index in [1.54, 1.807) is 63.2 Å². The minimum atomic E-state index is -1.12. The monoisotopic (exact) mass is 885 g/mol. The van der Waals surface area contributed by atoms with Crippen LogP contribution in [0.5, 0.6) is 11.8 Å². The molecule has 15 heteroatoms. The van der Waals surface area contributed by atoms with Gasteiger partial charge in [0, 0.05) is 29.2 Å². The Bertz CT molecular complexity index is 2670. The Balaban J connectivity index is 0.000000269. The molecule has 0 amide bonds. The number of aryl methyl sites for hydroxylation is 3. The van der Waals surface area contributed by atoms with Gasteiger partial charge < -0.3 is 25.2 Å². The van der Waals surface area contributed by atoms with Gasteiger partial charge in [-0.25, -0.2) is 19.1 Å². The number of carbonyl (C=O) groups is 3. The number of ether oxygens (including phenoxy) is 1. The number of rotatable bonds is 9. The third kappa shape index (κ3) is 10.5. The fourth-order valence-electron chi connectivity index (χ4n) is 6.38. The Morgan fingerprint density at radius 3 is 1.39 bits per heavy atom. The van der Waals surface area contributed by atoms with E-state index in [2.05, 4.69) is 61.7 Å². The zero-order chi connectivity index (χ0) is 45.0. The number of carboxylic acid groups (broad SMARTS) is 2. The van der Waals surface area contributed by atoms with Crippen LogP contribution < -0.4 is 0 Å². The molecule has 0 aliphatic rings. The number of hydrogen-bond donors (Lipinski definition) is 4. The minimum absolute atomic E-state index is 0. The molecule has 325 valence electrons. The van der Waals surface area contributed by atoms with Gasteiger partial charge in [-0.05, 0) is 90.3 Å². The average Bonchev–Trinajstić information content (AvgIpc) is 3.68. The van der Waals surface area contributed by atoms with Crippen molar-refractivity contribution in [2.24, 2.45) is 9.98 Å². The summed E-state index contributed by atoms with van der Waals surface area (Å²) in [6, 6.07) is 25.3. The molecule has 14 nitrogen and oxygen atoms in total. The van der Waals surface area contributed by atoms with E-state index in [-0.39, 0.29) is 67.4 Å². The van der Waals surface area contributed by atoms with E-state index >= 15 is 0 Å². The molecule has 4 N–H and O–H groups in total. The van der Waals surface area contributed by atoms with E-state index < -0.39 is 17.9 Å². The molecular weight excluding hydrogens is 835 g/mol. The van der Waals surface area contributed by atoms with Gasteiger partial charge in [-0.3, -0.25) is 9.98 Å². The molecule has 0 spiro atoms. The molecule has 0 unspecified atom stereocenters. The zero-order valence-corrected chi connectivity index (χ0v) is 37.2. The number of aromatic nitrogens is 4. The van der Waals surface area contributed by atoms with Gasteiger partial charge in [0.2, 0.25) is 11.8 Å². The maximum atomic E-state index is 12.3. The van der Waals surface area contributed by atoms with Gasteiger partial charge in [-0.15, -0.1) is 0 Å². The predicted octanol–water partition coefficient (Wildman–Crippen LogP) is 9.36. The van der Waals surface area contributed by atoms with Gasteiger partial charge in [0.15, 0.2) is 5.69 Å². The summed E-state index contributed by atoms with van der Waals surface area (Å²) in [5.41, 5.74) is 6.35. The van der Waals surface area contributed by atoms with Crippen LogP contribution in [0.15, 0.2) is 94.9 Å². The topological polar surface area (TPSA) is 202 Å². The van der Waals surface area contributed by atoms with Crippen molar-refractivity contribution in [1.29, 1.82) is 0 Å². The number of carboxylic acids is 2. The number of aromatic carboxylic acids is 2. The zero-order valence-electron chi connectivity index (χ0n) is 36.2. The van der Waals surface area contributed by atoms with Crippen molar-refractivity contribution in [1.82, 2.24) is 19.6 Å². The third-order valence-corrected chi connectivity index (χ3v) is 9.91. The summed E-state index contributed by atoms with van der Waals surface area (Å²) in [5.74, 6) is -3.27. The normalized spacial score (nSPS) is 11.6. The second-order valence-corrected chi connectivity index (χ2v) is 16.4. The molecule has 2 heterocycles. The van der Waals surface area contributed by atoms with Crippen LogP contribution in [0.2, 0.25) is 0 Å². The van der Waals surface area contributed by atoms with Crippen molar-refractivity contribution < 1.29 is 56.3 Å². The van der Waals surface area contributed by atoms with Crippen molar-refractivity contribution in [2.45, 2.75) is 73.1 Å². The van der Waals surface area contributed by atoms with Crippen LogP contribution in [0.25, 0.3) is 11.4 Å². The number of aliphatic imine (C=N–C) groups is 2. The number of esters is 1. The predicted molar refractivity (Wildman–Crippen MR) is 235 cm³/mol. The maximum Gasteiger partial charge on any atom is 0.359 e. The molecule has 2 aromatic heterocycles. The van der Waals surface area contributed by atoms with E-state index in [9.17, 15) is 34.8 Å². The van der Waals surface area contributed by atoms with E-state index in [0.717, 1.165) is 11.3 Å². The minimum Gasteiger partial charge on any atom is -0.493 e. The summed E-state index contributed by atoms with van der Waals surface area (Å²) in [4.78, 5) is 44.0. The second-order valence-electron chi connectivity index (χ2n) is 16.4.